The first-order valence-corrected chi connectivity index (χ1v) is 9.87. The zero-order valence-electron chi connectivity index (χ0n) is 16.9. The number of hydrogen-bond acceptors (Lipinski definition) is 3. The summed E-state index contributed by atoms with van der Waals surface area (Å²) in [5.41, 5.74) is 3.50. The predicted octanol–water partition coefficient (Wildman–Crippen LogP) is 2.91. The minimum Gasteiger partial charge on any atom is -0.353 e. The molecule has 2 aromatic rings. The van der Waals surface area contributed by atoms with Crippen molar-refractivity contribution in [2.24, 2.45) is 0 Å². The Kier molecular flexibility index (Phi) is 6.47. The van der Waals surface area contributed by atoms with Crippen LogP contribution >= 0.6 is 0 Å². The molecule has 148 valence electrons. The highest BCUT2D eigenvalue weighted by Gasteiger charge is 2.32. The standard InChI is InChI=1S/C23H29N3O2/c1-17(2)25(3)22(27)15-21-23(28)24-13-14-26(21)16-18-9-11-20(12-10-18)19-7-5-4-6-8-19/h4-12,17,21H,13-16H2,1-3H3,(H,24,28)/t21-/m1/s1. The summed E-state index contributed by atoms with van der Waals surface area (Å²) >= 11 is 0. The summed E-state index contributed by atoms with van der Waals surface area (Å²) < 4.78 is 0. The van der Waals surface area contributed by atoms with E-state index >= 15 is 0 Å². The highest BCUT2D eigenvalue weighted by Crippen LogP contribution is 2.21. The van der Waals surface area contributed by atoms with Crippen LogP contribution in [0.5, 0.6) is 0 Å². The molecule has 2 aromatic carbocycles. The molecule has 3 rings (SSSR count). The van der Waals surface area contributed by atoms with Crippen LogP contribution in [0.25, 0.3) is 11.1 Å². The van der Waals surface area contributed by atoms with Crippen molar-refractivity contribution in [2.75, 3.05) is 20.1 Å². The van der Waals surface area contributed by atoms with E-state index in [-0.39, 0.29) is 24.3 Å². The molecule has 1 saturated heterocycles. The van der Waals surface area contributed by atoms with Crippen LogP contribution in [0.3, 0.4) is 0 Å². The summed E-state index contributed by atoms with van der Waals surface area (Å²) in [5, 5.41) is 2.90. The van der Waals surface area contributed by atoms with Crippen LogP contribution in [0.4, 0.5) is 0 Å². The van der Waals surface area contributed by atoms with E-state index in [2.05, 4.69) is 46.6 Å². The molecule has 1 atom stereocenters. The second kappa shape index (κ2) is 9.02. The Hall–Kier alpha value is -2.66. The number of hydrogen-bond donors (Lipinski definition) is 1. The van der Waals surface area contributed by atoms with Crippen molar-refractivity contribution in [1.29, 1.82) is 0 Å². The van der Waals surface area contributed by atoms with E-state index in [0.29, 0.717) is 13.1 Å². The monoisotopic (exact) mass is 379 g/mol. The molecule has 0 radical (unpaired) electrons. The van der Waals surface area contributed by atoms with E-state index in [1.54, 1.807) is 11.9 Å². The Labute approximate surface area is 167 Å². The van der Waals surface area contributed by atoms with Crippen LogP contribution in [0.15, 0.2) is 54.6 Å². The minimum atomic E-state index is -0.420. The van der Waals surface area contributed by atoms with Gasteiger partial charge >= 0.3 is 0 Å². The maximum Gasteiger partial charge on any atom is 0.237 e. The molecule has 28 heavy (non-hydrogen) atoms. The number of amides is 2. The summed E-state index contributed by atoms with van der Waals surface area (Å²) in [4.78, 5) is 28.8. The van der Waals surface area contributed by atoms with Gasteiger partial charge in [-0.15, -0.1) is 0 Å². The maximum atomic E-state index is 12.5. The van der Waals surface area contributed by atoms with Crippen molar-refractivity contribution >= 4 is 11.8 Å². The molecule has 0 aromatic heterocycles. The van der Waals surface area contributed by atoms with Crippen LogP contribution in [0, 0.1) is 0 Å². The molecular formula is C23H29N3O2. The molecule has 5 heteroatoms. The first-order chi connectivity index (χ1) is 13.5. The van der Waals surface area contributed by atoms with E-state index in [0.717, 1.165) is 12.1 Å². The van der Waals surface area contributed by atoms with E-state index in [1.165, 1.54) is 11.1 Å². The second-order valence-electron chi connectivity index (χ2n) is 7.64. The Morgan fingerprint density at radius 1 is 1.11 bits per heavy atom. The first kappa shape index (κ1) is 20.1. The molecule has 1 N–H and O–H groups in total. The van der Waals surface area contributed by atoms with Crippen molar-refractivity contribution in [3.05, 3.63) is 60.2 Å². The lowest BCUT2D eigenvalue weighted by Crippen LogP contribution is -2.56. The van der Waals surface area contributed by atoms with Crippen LogP contribution in [0.1, 0.15) is 25.8 Å². The molecule has 1 fully saturated rings. The third-order valence-electron chi connectivity index (χ3n) is 5.42. The average molecular weight is 380 g/mol. The number of piperazine rings is 1. The van der Waals surface area contributed by atoms with Crippen molar-refractivity contribution in [3.63, 3.8) is 0 Å². The summed E-state index contributed by atoms with van der Waals surface area (Å²) in [7, 11) is 1.79. The van der Waals surface area contributed by atoms with Crippen LogP contribution < -0.4 is 5.32 Å². The zero-order valence-corrected chi connectivity index (χ0v) is 16.9. The quantitative estimate of drug-likeness (QED) is 0.840. The Bertz CT molecular complexity index is 802. The van der Waals surface area contributed by atoms with Crippen molar-refractivity contribution in [1.82, 2.24) is 15.1 Å². The maximum absolute atomic E-state index is 12.5. The average Bonchev–Trinajstić information content (AvgIpc) is 2.71. The Morgan fingerprint density at radius 2 is 1.75 bits per heavy atom. The first-order valence-electron chi connectivity index (χ1n) is 9.87. The SMILES string of the molecule is CC(C)N(C)C(=O)C[C@@H]1C(=O)NCCN1Cc1ccc(-c2ccccc2)cc1. The van der Waals surface area contributed by atoms with Gasteiger partial charge in [0.1, 0.15) is 0 Å². The van der Waals surface area contributed by atoms with E-state index in [1.807, 2.05) is 32.0 Å². The van der Waals surface area contributed by atoms with Gasteiger partial charge in [0.15, 0.2) is 0 Å². The van der Waals surface area contributed by atoms with E-state index in [4.69, 9.17) is 0 Å². The minimum absolute atomic E-state index is 0.00137. The van der Waals surface area contributed by atoms with Crippen molar-refractivity contribution < 1.29 is 9.59 Å². The molecule has 0 unspecified atom stereocenters. The molecule has 2 amide bonds. The van der Waals surface area contributed by atoms with E-state index < -0.39 is 6.04 Å². The van der Waals surface area contributed by atoms with Gasteiger partial charge in [0.2, 0.25) is 11.8 Å². The normalized spacial score (nSPS) is 17.4. The zero-order chi connectivity index (χ0) is 20.1. The number of carbonyl (C=O) groups excluding carboxylic acids is 2. The molecule has 1 heterocycles. The number of nitrogens with one attached hydrogen (secondary N) is 1. The molecule has 0 bridgehead atoms. The van der Waals surface area contributed by atoms with Gasteiger partial charge in [-0.25, -0.2) is 0 Å². The van der Waals surface area contributed by atoms with Gasteiger partial charge in [-0.2, -0.15) is 0 Å². The molecule has 0 aliphatic carbocycles. The molecule has 0 spiro atoms. The topological polar surface area (TPSA) is 52.7 Å². The largest absolute Gasteiger partial charge is 0.353 e. The van der Waals surface area contributed by atoms with Crippen molar-refractivity contribution in [3.8, 4) is 11.1 Å². The fraction of sp³-hybridized carbons (Fsp3) is 0.391. The summed E-state index contributed by atoms with van der Waals surface area (Å²) in [6, 6.07) is 18.4. The third-order valence-corrected chi connectivity index (χ3v) is 5.42. The number of rotatable bonds is 6. The fourth-order valence-corrected chi connectivity index (χ4v) is 3.44. The van der Waals surface area contributed by atoms with Crippen LogP contribution in [-0.4, -0.2) is 53.8 Å². The lowest BCUT2D eigenvalue weighted by atomic mass is 10.0. The van der Waals surface area contributed by atoms with Gasteiger partial charge in [-0.05, 0) is 30.5 Å². The van der Waals surface area contributed by atoms with Crippen LogP contribution in [0.2, 0.25) is 0 Å². The molecule has 1 aliphatic rings. The third kappa shape index (κ3) is 4.78. The van der Waals surface area contributed by atoms with E-state index in [9.17, 15) is 9.59 Å². The molecule has 0 saturated carbocycles. The summed E-state index contributed by atoms with van der Waals surface area (Å²) in [5.74, 6) is -0.0564. The molecular weight excluding hydrogens is 350 g/mol. The van der Waals surface area contributed by atoms with Gasteiger partial charge in [-0.1, -0.05) is 54.6 Å². The van der Waals surface area contributed by atoms with Gasteiger partial charge in [-0.3, -0.25) is 14.5 Å². The Morgan fingerprint density at radius 3 is 2.39 bits per heavy atom. The number of carbonyl (C=O) groups is 2. The smallest absolute Gasteiger partial charge is 0.237 e. The highest BCUT2D eigenvalue weighted by atomic mass is 16.2. The fourth-order valence-electron chi connectivity index (χ4n) is 3.44. The van der Waals surface area contributed by atoms with Gasteiger partial charge in [0, 0.05) is 32.7 Å². The van der Waals surface area contributed by atoms with Gasteiger partial charge in [0.05, 0.1) is 12.5 Å². The number of benzene rings is 2. The summed E-state index contributed by atoms with van der Waals surface area (Å²) in [6.45, 7) is 5.97. The highest BCUT2D eigenvalue weighted by molar-refractivity contribution is 5.88. The lowest BCUT2D eigenvalue weighted by Gasteiger charge is -2.36. The second-order valence-corrected chi connectivity index (χ2v) is 7.64. The lowest BCUT2D eigenvalue weighted by molar-refractivity contribution is -0.139. The van der Waals surface area contributed by atoms with Gasteiger partial charge < -0.3 is 10.2 Å². The summed E-state index contributed by atoms with van der Waals surface area (Å²) in [6.07, 6.45) is 0.211. The van der Waals surface area contributed by atoms with Gasteiger partial charge in [0.25, 0.3) is 0 Å². The van der Waals surface area contributed by atoms with Crippen LogP contribution in [-0.2, 0) is 16.1 Å². The molecule has 1 aliphatic heterocycles. The molecule has 5 nitrogen and oxygen atoms in total. The van der Waals surface area contributed by atoms with Crippen molar-refractivity contribution in [2.45, 2.75) is 38.9 Å². The number of nitrogens with zero attached hydrogens (tertiary/aromatic N) is 2. The predicted molar refractivity (Wildman–Crippen MR) is 112 cm³/mol. The Balaban J connectivity index is 1.70.